The van der Waals surface area contributed by atoms with Gasteiger partial charge in [0.15, 0.2) is 0 Å². The maximum absolute atomic E-state index is 15.0. The molecule has 0 aliphatic carbocycles. The molecule has 0 saturated carbocycles. The first-order valence-electron chi connectivity index (χ1n) is 15.6. The van der Waals surface area contributed by atoms with Gasteiger partial charge in [-0.1, -0.05) is 73.1 Å². The van der Waals surface area contributed by atoms with Crippen LogP contribution in [-0.4, -0.2) is 85.9 Å². The van der Waals surface area contributed by atoms with E-state index in [2.05, 4.69) is 10.6 Å². The number of amides is 2. The van der Waals surface area contributed by atoms with Crippen LogP contribution in [0.1, 0.15) is 47.7 Å². The number of nitrogens with one attached hydrogen (secondary N) is 2. The molecule has 2 aliphatic rings. The molecule has 2 amide bonds. The minimum absolute atomic E-state index is 0.0950. The predicted octanol–water partition coefficient (Wildman–Crippen LogP) is 3.91. The van der Waals surface area contributed by atoms with E-state index in [1.807, 2.05) is 41.3 Å². The fourth-order valence-electron chi connectivity index (χ4n) is 6.38. The number of likely N-dealkylation sites (N-methyl/N-ethyl adjacent to an activating group) is 1. The highest BCUT2D eigenvalue weighted by molar-refractivity contribution is 7.88. The zero-order chi connectivity index (χ0) is 32.8. The first-order valence-corrected chi connectivity index (χ1v) is 17.8. The van der Waals surface area contributed by atoms with Crippen molar-refractivity contribution in [1.29, 1.82) is 0 Å². The number of sulfonamides is 1. The number of fused-ring (bicyclic) bond motifs is 1. The second kappa shape index (κ2) is 15.0. The number of halogens is 2. The number of carbonyl (C=O) groups excluding carboxylic acids is 2. The second-order valence-corrected chi connectivity index (χ2v) is 14.3. The van der Waals surface area contributed by atoms with Crippen molar-refractivity contribution < 1.29 is 22.4 Å². The molecular weight excluding hydrogens is 629 g/mol. The van der Waals surface area contributed by atoms with Crippen molar-refractivity contribution in [1.82, 2.24) is 24.7 Å². The van der Waals surface area contributed by atoms with Crippen LogP contribution in [0.15, 0.2) is 72.8 Å². The first kappa shape index (κ1) is 34.0. The topological polar surface area (TPSA) is 102 Å². The molecule has 0 spiro atoms. The number of hydrogen-bond acceptors (Lipinski definition) is 6. The van der Waals surface area contributed by atoms with Gasteiger partial charge in [0.1, 0.15) is 11.9 Å². The minimum Gasteiger partial charge on any atom is -0.344 e. The highest BCUT2D eigenvalue weighted by atomic mass is 35.5. The van der Waals surface area contributed by atoms with Crippen molar-refractivity contribution in [3.63, 3.8) is 0 Å². The molecule has 46 heavy (non-hydrogen) atoms. The summed E-state index contributed by atoms with van der Waals surface area (Å²) in [6.07, 6.45) is 1.66. The van der Waals surface area contributed by atoms with E-state index in [1.54, 1.807) is 42.2 Å². The van der Waals surface area contributed by atoms with Crippen molar-refractivity contribution in [2.75, 3.05) is 45.5 Å². The number of nitrogens with zero attached hydrogens (tertiary/aromatic N) is 3. The van der Waals surface area contributed by atoms with Crippen LogP contribution in [-0.2, 0) is 32.6 Å². The summed E-state index contributed by atoms with van der Waals surface area (Å²) in [6.45, 7) is 4.33. The molecule has 2 aliphatic heterocycles. The van der Waals surface area contributed by atoms with Crippen molar-refractivity contribution in [3.05, 3.63) is 106 Å². The Morgan fingerprint density at radius 3 is 2.37 bits per heavy atom. The van der Waals surface area contributed by atoms with Crippen LogP contribution in [0.5, 0.6) is 0 Å². The maximum Gasteiger partial charge on any atom is 0.245 e. The SMILES string of the molecule is CCN(CC(c1ccccc1F)N1CCN(C(=O)[C@@H](Cc2ccc(Cl)cc2)NC(=O)CC2NCc3ccccc32)CC1)S(C)(=O)=O. The summed E-state index contributed by atoms with van der Waals surface area (Å²) in [5.41, 5.74) is 3.54. The van der Waals surface area contributed by atoms with Gasteiger partial charge < -0.3 is 15.5 Å². The Labute approximate surface area is 275 Å². The summed E-state index contributed by atoms with van der Waals surface area (Å²) < 4.78 is 41.3. The van der Waals surface area contributed by atoms with Crippen LogP contribution in [0.4, 0.5) is 4.39 Å². The second-order valence-electron chi connectivity index (χ2n) is 11.9. The number of carbonyl (C=O) groups is 2. The van der Waals surface area contributed by atoms with Crippen molar-refractivity contribution in [2.45, 2.75) is 44.4 Å². The molecule has 1 saturated heterocycles. The number of benzene rings is 3. The first-order chi connectivity index (χ1) is 22.0. The highest BCUT2D eigenvalue weighted by Crippen LogP contribution is 2.29. The van der Waals surface area contributed by atoms with Gasteiger partial charge in [-0.25, -0.2) is 17.1 Å². The van der Waals surface area contributed by atoms with Gasteiger partial charge in [0.05, 0.1) is 12.3 Å². The Balaban J connectivity index is 1.30. The fraction of sp³-hybridized carbons (Fsp3) is 0.412. The van der Waals surface area contributed by atoms with Gasteiger partial charge >= 0.3 is 0 Å². The van der Waals surface area contributed by atoms with Crippen LogP contribution >= 0.6 is 11.6 Å². The van der Waals surface area contributed by atoms with E-state index in [1.165, 1.54) is 15.9 Å². The van der Waals surface area contributed by atoms with Gasteiger partial charge in [-0.05, 0) is 34.9 Å². The standard InChI is InChI=1S/C34H41ClFN5O4S/c1-3-41(46(2,44)45)23-32(28-10-6-7-11-29(28)36)39-16-18-40(19-17-39)34(43)31(20-24-12-14-26(35)15-13-24)38-33(42)21-30-27-9-5-4-8-25(27)22-37-30/h4-15,30-32,37H,3,16-23H2,1-2H3,(H,38,42)/t30?,31-,32?/m1/s1. The monoisotopic (exact) mass is 669 g/mol. The zero-order valence-corrected chi connectivity index (χ0v) is 27.7. The normalized spacial score (nSPS) is 18.3. The molecule has 0 aromatic heterocycles. The third kappa shape index (κ3) is 8.32. The molecule has 3 aromatic carbocycles. The summed E-state index contributed by atoms with van der Waals surface area (Å²) in [6, 6.07) is 20.2. The largest absolute Gasteiger partial charge is 0.344 e. The van der Waals surface area contributed by atoms with Gasteiger partial charge in [0.2, 0.25) is 21.8 Å². The van der Waals surface area contributed by atoms with E-state index >= 15 is 4.39 Å². The molecule has 3 aromatic rings. The van der Waals surface area contributed by atoms with Gasteiger partial charge in [-0.3, -0.25) is 14.5 Å². The lowest BCUT2D eigenvalue weighted by Gasteiger charge is -2.41. The highest BCUT2D eigenvalue weighted by Gasteiger charge is 2.34. The average molecular weight is 670 g/mol. The van der Waals surface area contributed by atoms with Gasteiger partial charge in [0.25, 0.3) is 0 Å². The molecule has 2 N–H and O–H groups in total. The Bertz CT molecular complexity index is 1630. The summed E-state index contributed by atoms with van der Waals surface area (Å²) in [7, 11) is -3.51. The molecular formula is C34H41ClFN5O4S. The molecule has 12 heteroatoms. The van der Waals surface area contributed by atoms with E-state index < -0.39 is 27.9 Å². The Hall–Kier alpha value is -3.35. The predicted molar refractivity (Wildman–Crippen MR) is 177 cm³/mol. The van der Waals surface area contributed by atoms with Crippen LogP contribution in [0.2, 0.25) is 5.02 Å². The third-order valence-electron chi connectivity index (χ3n) is 8.87. The number of piperazine rings is 1. The molecule has 0 bridgehead atoms. The van der Waals surface area contributed by atoms with Crippen LogP contribution in [0, 0.1) is 5.82 Å². The fourth-order valence-corrected chi connectivity index (χ4v) is 7.38. The third-order valence-corrected chi connectivity index (χ3v) is 10.5. The summed E-state index contributed by atoms with van der Waals surface area (Å²) >= 11 is 6.10. The van der Waals surface area contributed by atoms with E-state index in [4.69, 9.17) is 11.6 Å². The summed E-state index contributed by atoms with van der Waals surface area (Å²) in [4.78, 5) is 31.1. The Morgan fingerprint density at radius 2 is 1.70 bits per heavy atom. The van der Waals surface area contributed by atoms with E-state index in [-0.39, 0.29) is 37.4 Å². The quantitative estimate of drug-likeness (QED) is 0.303. The molecule has 2 heterocycles. The summed E-state index contributed by atoms with van der Waals surface area (Å²) in [5, 5.41) is 6.99. The number of hydrogen-bond donors (Lipinski definition) is 2. The maximum atomic E-state index is 15.0. The molecule has 1 fully saturated rings. The van der Waals surface area contributed by atoms with Crippen LogP contribution in [0.25, 0.3) is 0 Å². The smallest absolute Gasteiger partial charge is 0.245 e. The minimum atomic E-state index is -3.51. The van der Waals surface area contributed by atoms with E-state index in [9.17, 15) is 18.0 Å². The lowest BCUT2D eigenvalue weighted by molar-refractivity contribution is -0.138. The average Bonchev–Trinajstić information content (AvgIpc) is 3.44. The molecule has 2 unspecified atom stereocenters. The zero-order valence-electron chi connectivity index (χ0n) is 26.2. The van der Waals surface area contributed by atoms with Crippen LogP contribution in [0.3, 0.4) is 0 Å². The molecule has 5 rings (SSSR count). The Morgan fingerprint density at radius 1 is 1.02 bits per heavy atom. The molecule has 246 valence electrons. The van der Waals surface area contributed by atoms with Gasteiger partial charge in [0, 0.05) is 75.3 Å². The lowest BCUT2D eigenvalue weighted by Crippen LogP contribution is -2.56. The number of rotatable bonds is 12. The van der Waals surface area contributed by atoms with Gasteiger partial charge in [-0.15, -0.1) is 0 Å². The van der Waals surface area contributed by atoms with Crippen LogP contribution < -0.4 is 10.6 Å². The van der Waals surface area contributed by atoms with E-state index in [0.717, 1.165) is 17.4 Å². The Kier molecular flexibility index (Phi) is 11.1. The van der Waals surface area contributed by atoms with Crippen molar-refractivity contribution >= 4 is 33.4 Å². The van der Waals surface area contributed by atoms with Gasteiger partial charge in [-0.2, -0.15) is 0 Å². The molecule has 0 radical (unpaired) electrons. The lowest BCUT2D eigenvalue weighted by atomic mass is 10.0. The molecule has 9 nitrogen and oxygen atoms in total. The van der Waals surface area contributed by atoms with Crippen molar-refractivity contribution in [2.24, 2.45) is 0 Å². The summed E-state index contributed by atoms with van der Waals surface area (Å²) in [5.74, 6) is -0.822. The van der Waals surface area contributed by atoms with E-state index in [0.29, 0.717) is 49.7 Å². The van der Waals surface area contributed by atoms with Crippen molar-refractivity contribution in [3.8, 4) is 0 Å². The molecule has 3 atom stereocenters.